The summed E-state index contributed by atoms with van der Waals surface area (Å²) in [5, 5.41) is 3.04. The van der Waals surface area contributed by atoms with Crippen LogP contribution in [0.3, 0.4) is 0 Å². The molecular weight excluding hydrogens is 279 g/mol. The molecule has 1 aromatic carbocycles. The molecule has 1 saturated carbocycles. The zero-order valence-corrected chi connectivity index (χ0v) is 11.5. The number of rotatable bonds is 4. The minimum Gasteiger partial charge on any atom is -0.370 e. The number of aromatic nitrogens is 2. The molecule has 0 aliphatic heterocycles. The molecule has 1 aliphatic rings. The average Bonchev–Trinajstić information content (AvgIpc) is 3.27. The maximum absolute atomic E-state index is 13.9. The van der Waals surface area contributed by atoms with Gasteiger partial charge in [-0.25, -0.2) is 23.1 Å². The van der Waals surface area contributed by atoms with E-state index in [0.717, 1.165) is 18.9 Å². The zero-order valence-electron chi connectivity index (χ0n) is 11.5. The Bertz CT molecular complexity index is 684. The lowest BCUT2D eigenvalue weighted by atomic mass is 10.1. The number of nitrogens with one attached hydrogen (secondary N) is 1. The lowest BCUT2D eigenvalue weighted by molar-refractivity contribution is 0.496. The summed E-state index contributed by atoms with van der Waals surface area (Å²) in [6, 6.07) is 2.92. The van der Waals surface area contributed by atoms with E-state index in [9.17, 15) is 13.2 Å². The van der Waals surface area contributed by atoms with Gasteiger partial charge in [-0.1, -0.05) is 0 Å². The third-order valence-electron chi connectivity index (χ3n) is 3.33. The Labute approximate surface area is 120 Å². The molecule has 0 spiro atoms. The number of hydrogen-bond acceptors (Lipinski definition) is 3. The van der Waals surface area contributed by atoms with Gasteiger partial charge in [-0.3, -0.25) is 0 Å². The summed E-state index contributed by atoms with van der Waals surface area (Å²) in [6.45, 7) is 2.57. The van der Waals surface area contributed by atoms with Gasteiger partial charge in [0, 0.05) is 30.2 Å². The van der Waals surface area contributed by atoms with Crippen LogP contribution in [0, 0.1) is 17.5 Å². The van der Waals surface area contributed by atoms with E-state index < -0.39 is 17.5 Å². The first-order valence-electron chi connectivity index (χ1n) is 6.86. The molecule has 1 fully saturated rings. The molecule has 1 aliphatic carbocycles. The Morgan fingerprint density at radius 1 is 1.05 bits per heavy atom. The highest BCUT2D eigenvalue weighted by Gasteiger charge is 2.28. The highest BCUT2D eigenvalue weighted by molar-refractivity contribution is 5.63. The van der Waals surface area contributed by atoms with Crippen LogP contribution in [0.5, 0.6) is 0 Å². The van der Waals surface area contributed by atoms with Crippen LogP contribution >= 0.6 is 0 Å². The number of hydrogen-bond donors (Lipinski definition) is 1. The molecule has 1 aromatic heterocycles. The Balaban J connectivity index is 2.10. The SMILES string of the molecule is CCNc1cc(-c2cc(F)c(F)cc2F)nc(C2CC2)n1. The van der Waals surface area contributed by atoms with Crippen molar-refractivity contribution < 1.29 is 13.2 Å². The average molecular weight is 293 g/mol. The predicted octanol–water partition coefficient (Wildman–Crippen LogP) is 3.87. The Hall–Kier alpha value is -2.11. The summed E-state index contributed by atoms with van der Waals surface area (Å²) in [6.07, 6.45) is 1.99. The lowest BCUT2D eigenvalue weighted by Crippen LogP contribution is -2.05. The van der Waals surface area contributed by atoms with E-state index in [-0.39, 0.29) is 17.2 Å². The van der Waals surface area contributed by atoms with Gasteiger partial charge in [0.05, 0.1) is 5.69 Å². The molecule has 1 heterocycles. The maximum Gasteiger partial charge on any atom is 0.161 e. The van der Waals surface area contributed by atoms with Crippen LogP contribution in [0.4, 0.5) is 19.0 Å². The Morgan fingerprint density at radius 3 is 2.43 bits per heavy atom. The third-order valence-corrected chi connectivity index (χ3v) is 3.33. The molecule has 0 saturated heterocycles. The molecule has 21 heavy (non-hydrogen) atoms. The van der Waals surface area contributed by atoms with Crippen LogP contribution in [0.2, 0.25) is 0 Å². The molecule has 1 N–H and O–H groups in total. The highest BCUT2D eigenvalue weighted by atomic mass is 19.2. The van der Waals surface area contributed by atoms with Crippen molar-refractivity contribution in [2.45, 2.75) is 25.7 Å². The van der Waals surface area contributed by atoms with Gasteiger partial charge in [-0.05, 0) is 25.8 Å². The maximum atomic E-state index is 13.9. The predicted molar refractivity (Wildman–Crippen MR) is 73.5 cm³/mol. The van der Waals surface area contributed by atoms with Crippen molar-refractivity contribution in [3.8, 4) is 11.3 Å². The number of nitrogens with zero attached hydrogens (tertiary/aromatic N) is 2. The fourth-order valence-corrected chi connectivity index (χ4v) is 2.12. The normalized spacial score (nSPS) is 14.3. The van der Waals surface area contributed by atoms with E-state index in [2.05, 4.69) is 15.3 Å². The Morgan fingerprint density at radius 2 is 1.76 bits per heavy atom. The molecule has 0 atom stereocenters. The van der Waals surface area contributed by atoms with E-state index in [1.807, 2.05) is 6.92 Å². The van der Waals surface area contributed by atoms with Crippen molar-refractivity contribution in [2.24, 2.45) is 0 Å². The van der Waals surface area contributed by atoms with E-state index in [0.29, 0.717) is 24.3 Å². The first kappa shape index (κ1) is 13.9. The topological polar surface area (TPSA) is 37.8 Å². The van der Waals surface area contributed by atoms with Gasteiger partial charge in [-0.15, -0.1) is 0 Å². The minimum absolute atomic E-state index is 0.0580. The van der Waals surface area contributed by atoms with E-state index in [1.54, 1.807) is 6.07 Å². The minimum atomic E-state index is -1.21. The second-order valence-corrected chi connectivity index (χ2v) is 5.05. The third kappa shape index (κ3) is 2.84. The molecule has 110 valence electrons. The molecular formula is C15H14F3N3. The molecule has 0 unspecified atom stereocenters. The summed E-state index contributed by atoms with van der Waals surface area (Å²) < 4.78 is 40.3. The quantitative estimate of drug-likeness (QED) is 0.870. The van der Waals surface area contributed by atoms with Crippen molar-refractivity contribution in [1.29, 1.82) is 0 Å². The van der Waals surface area contributed by atoms with Gasteiger partial charge in [0.2, 0.25) is 0 Å². The van der Waals surface area contributed by atoms with Crippen LogP contribution in [0.25, 0.3) is 11.3 Å². The van der Waals surface area contributed by atoms with Gasteiger partial charge >= 0.3 is 0 Å². The summed E-state index contributed by atoms with van der Waals surface area (Å²) in [5.74, 6) is -1.68. The van der Waals surface area contributed by atoms with Crippen molar-refractivity contribution in [2.75, 3.05) is 11.9 Å². The molecule has 3 rings (SSSR count). The smallest absolute Gasteiger partial charge is 0.161 e. The van der Waals surface area contributed by atoms with Gasteiger partial charge in [-0.2, -0.15) is 0 Å². The summed E-state index contributed by atoms with van der Waals surface area (Å²) in [7, 11) is 0. The number of benzene rings is 1. The van der Waals surface area contributed by atoms with Crippen molar-refractivity contribution in [3.05, 3.63) is 41.5 Å². The van der Waals surface area contributed by atoms with Gasteiger partial charge in [0.25, 0.3) is 0 Å². The van der Waals surface area contributed by atoms with Crippen molar-refractivity contribution in [1.82, 2.24) is 9.97 Å². The summed E-state index contributed by atoms with van der Waals surface area (Å²) in [5.41, 5.74) is 0.205. The van der Waals surface area contributed by atoms with Crippen LogP contribution in [0.15, 0.2) is 18.2 Å². The number of halogens is 3. The van der Waals surface area contributed by atoms with E-state index in [4.69, 9.17) is 0 Å². The van der Waals surface area contributed by atoms with Crippen LogP contribution in [-0.4, -0.2) is 16.5 Å². The highest BCUT2D eigenvalue weighted by Crippen LogP contribution is 2.39. The van der Waals surface area contributed by atoms with Crippen LogP contribution < -0.4 is 5.32 Å². The largest absolute Gasteiger partial charge is 0.370 e. The second-order valence-electron chi connectivity index (χ2n) is 5.05. The van der Waals surface area contributed by atoms with Crippen LogP contribution in [-0.2, 0) is 0 Å². The van der Waals surface area contributed by atoms with Crippen LogP contribution in [0.1, 0.15) is 31.5 Å². The molecule has 0 radical (unpaired) electrons. The van der Waals surface area contributed by atoms with Crippen molar-refractivity contribution in [3.63, 3.8) is 0 Å². The standard InChI is InChI=1S/C15H14F3N3/c1-2-19-14-7-13(20-15(21-14)8-3-4-8)9-5-11(17)12(18)6-10(9)16/h5-8H,2-4H2,1H3,(H,19,20,21). The number of anilines is 1. The lowest BCUT2D eigenvalue weighted by Gasteiger charge is -2.09. The van der Waals surface area contributed by atoms with Crippen molar-refractivity contribution >= 4 is 5.82 Å². The van der Waals surface area contributed by atoms with E-state index >= 15 is 0 Å². The van der Waals surface area contributed by atoms with Gasteiger partial charge in [0.15, 0.2) is 11.6 Å². The molecule has 3 nitrogen and oxygen atoms in total. The summed E-state index contributed by atoms with van der Waals surface area (Å²) >= 11 is 0. The second kappa shape index (κ2) is 5.35. The van der Waals surface area contributed by atoms with E-state index in [1.165, 1.54) is 0 Å². The summed E-state index contributed by atoms with van der Waals surface area (Å²) in [4.78, 5) is 8.67. The van der Waals surface area contributed by atoms with Gasteiger partial charge < -0.3 is 5.32 Å². The molecule has 2 aromatic rings. The fraction of sp³-hybridized carbons (Fsp3) is 0.333. The first-order valence-corrected chi connectivity index (χ1v) is 6.86. The molecule has 0 amide bonds. The monoisotopic (exact) mass is 293 g/mol. The van der Waals surface area contributed by atoms with Gasteiger partial charge in [0.1, 0.15) is 17.5 Å². The Kier molecular flexibility index (Phi) is 3.53. The molecule has 0 bridgehead atoms. The first-order chi connectivity index (χ1) is 10.1. The zero-order chi connectivity index (χ0) is 15.0. The molecule has 6 heteroatoms. The fourth-order valence-electron chi connectivity index (χ4n) is 2.12.